The van der Waals surface area contributed by atoms with Crippen LogP contribution < -0.4 is 0 Å². The van der Waals surface area contributed by atoms with E-state index in [1.807, 2.05) is 11.8 Å². The van der Waals surface area contributed by atoms with Crippen molar-refractivity contribution >= 4 is 11.8 Å². The van der Waals surface area contributed by atoms with Gasteiger partial charge in [-0.2, -0.15) is 11.8 Å². The summed E-state index contributed by atoms with van der Waals surface area (Å²) in [5.41, 5.74) is 0. The standard InChI is InChI=1S/C38H76O3S/c1-3-5-7-9-11-13-15-17-19-21-23-25-27-29-33-41-38(32-31-37(40)35-39)36-42-34-30-28-26-24-22-20-18-16-14-12-10-8-6-4-2/h13,15,37-40H,3-12,14,16-36H2,1-2H3/b15-13+. The predicted octanol–water partition coefficient (Wildman–Crippen LogP) is 12.0. The Kier molecular flexibility index (Phi) is 37.1. The molecule has 2 unspecified atom stereocenters. The zero-order valence-electron chi connectivity index (χ0n) is 28.6. The van der Waals surface area contributed by atoms with Crippen LogP contribution in [0.3, 0.4) is 0 Å². The summed E-state index contributed by atoms with van der Waals surface area (Å²) in [6.45, 7) is 5.25. The molecule has 0 aromatic rings. The van der Waals surface area contributed by atoms with Crippen LogP contribution in [0.15, 0.2) is 12.2 Å². The molecule has 0 aromatic carbocycles. The first-order chi connectivity index (χ1) is 20.7. The highest BCUT2D eigenvalue weighted by molar-refractivity contribution is 7.99. The molecule has 0 radical (unpaired) electrons. The Bertz CT molecular complexity index is 513. The lowest BCUT2D eigenvalue weighted by molar-refractivity contribution is 0.0352. The molecule has 0 saturated heterocycles. The molecule has 0 aromatic heterocycles. The first kappa shape index (κ1) is 42.0. The Morgan fingerprint density at radius 3 is 1.48 bits per heavy atom. The van der Waals surface area contributed by atoms with E-state index >= 15 is 0 Å². The summed E-state index contributed by atoms with van der Waals surface area (Å²) in [5.74, 6) is 2.23. The molecule has 0 spiro atoms. The number of hydrogen-bond donors (Lipinski definition) is 2. The van der Waals surface area contributed by atoms with E-state index in [1.165, 1.54) is 166 Å². The van der Waals surface area contributed by atoms with Gasteiger partial charge in [0.15, 0.2) is 0 Å². The first-order valence-electron chi connectivity index (χ1n) is 18.9. The second kappa shape index (κ2) is 37.2. The molecule has 0 saturated carbocycles. The molecule has 42 heavy (non-hydrogen) atoms. The van der Waals surface area contributed by atoms with Gasteiger partial charge in [-0.3, -0.25) is 0 Å². The van der Waals surface area contributed by atoms with Gasteiger partial charge in [-0.25, -0.2) is 0 Å². The fourth-order valence-corrected chi connectivity index (χ4v) is 6.64. The topological polar surface area (TPSA) is 49.7 Å². The monoisotopic (exact) mass is 613 g/mol. The van der Waals surface area contributed by atoms with Gasteiger partial charge in [-0.05, 0) is 57.1 Å². The summed E-state index contributed by atoms with van der Waals surface area (Å²) in [7, 11) is 0. The summed E-state index contributed by atoms with van der Waals surface area (Å²) in [4.78, 5) is 0. The van der Waals surface area contributed by atoms with E-state index in [1.54, 1.807) is 0 Å². The van der Waals surface area contributed by atoms with E-state index in [0.717, 1.165) is 25.2 Å². The van der Waals surface area contributed by atoms with E-state index in [2.05, 4.69) is 26.0 Å². The molecule has 0 rings (SSSR count). The third-order valence-corrected chi connectivity index (χ3v) is 9.67. The van der Waals surface area contributed by atoms with Crippen LogP contribution in [-0.2, 0) is 4.74 Å². The second-order valence-corrected chi connectivity index (χ2v) is 14.0. The number of unbranched alkanes of at least 4 members (excludes halogenated alkanes) is 23. The Labute approximate surface area is 268 Å². The van der Waals surface area contributed by atoms with Crippen molar-refractivity contribution in [3.63, 3.8) is 0 Å². The number of ether oxygens (including phenoxy) is 1. The van der Waals surface area contributed by atoms with Crippen molar-refractivity contribution in [1.82, 2.24) is 0 Å². The van der Waals surface area contributed by atoms with Gasteiger partial charge in [-0.1, -0.05) is 154 Å². The normalized spacial score (nSPS) is 13.3. The van der Waals surface area contributed by atoms with E-state index in [9.17, 15) is 10.2 Å². The molecule has 2 atom stereocenters. The number of hydrogen-bond acceptors (Lipinski definition) is 4. The van der Waals surface area contributed by atoms with Crippen LogP contribution >= 0.6 is 11.8 Å². The van der Waals surface area contributed by atoms with Crippen molar-refractivity contribution in [3.8, 4) is 0 Å². The molecule has 0 aliphatic rings. The van der Waals surface area contributed by atoms with Gasteiger partial charge < -0.3 is 14.9 Å². The van der Waals surface area contributed by atoms with Crippen molar-refractivity contribution in [2.24, 2.45) is 0 Å². The van der Waals surface area contributed by atoms with Gasteiger partial charge in [0.1, 0.15) is 0 Å². The Morgan fingerprint density at radius 1 is 0.548 bits per heavy atom. The average Bonchev–Trinajstić information content (AvgIpc) is 3.00. The van der Waals surface area contributed by atoms with Crippen LogP contribution in [0.4, 0.5) is 0 Å². The smallest absolute Gasteiger partial charge is 0.0771 e. The van der Waals surface area contributed by atoms with Gasteiger partial charge in [0.25, 0.3) is 0 Å². The predicted molar refractivity (Wildman–Crippen MR) is 190 cm³/mol. The fourth-order valence-electron chi connectivity index (χ4n) is 5.54. The van der Waals surface area contributed by atoms with Crippen molar-refractivity contribution in [2.45, 2.75) is 206 Å². The summed E-state index contributed by atoms with van der Waals surface area (Å²) >= 11 is 2.02. The number of thioether (sulfide) groups is 1. The molecule has 2 N–H and O–H groups in total. The van der Waals surface area contributed by atoms with Crippen LogP contribution in [0, 0.1) is 0 Å². The van der Waals surface area contributed by atoms with Crippen LogP contribution in [-0.4, -0.2) is 47.1 Å². The van der Waals surface area contributed by atoms with Crippen LogP contribution in [0.25, 0.3) is 0 Å². The maximum Gasteiger partial charge on any atom is 0.0771 e. The van der Waals surface area contributed by atoms with Gasteiger partial charge in [0.2, 0.25) is 0 Å². The molecule has 0 aliphatic carbocycles. The van der Waals surface area contributed by atoms with Crippen LogP contribution in [0.2, 0.25) is 0 Å². The summed E-state index contributed by atoms with van der Waals surface area (Å²) in [6, 6.07) is 0. The highest BCUT2D eigenvalue weighted by Crippen LogP contribution is 2.17. The lowest BCUT2D eigenvalue weighted by Crippen LogP contribution is -2.21. The van der Waals surface area contributed by atoms with Gasteiger partial charge in [-0.15, -0.1) is 0 Å². The summed E-state index contributed by atoms with van der Waals surface area (Å²) in [5, 5.41) is 19.0. The number of aliphatic hydroxyl groups excluding tert-OH is 2. The molecule has 0 aliphatic heterocycles. The van der Waals surface area contributed by atoms with Crippen molar-refractivity contribution < 1.29 is 14.9 Å². The third-order valence-electron chi connectivity index (χ3n) is 8.49. The first-order valence-corrected chi connectivity index (χ1v) is 20.0. The summed E-state index contributed by atoms with van der Waals surface area (Å²) in [6.07, 6.45) is 41.3. The molecular weight excluding hydrogens is 536 g/mol. The second-order valence-electron chi connectivity index (χ2n) is 12.8. The highest BCUT2D eigenvalue weighted by Gasteiger charge is 2.12. The zero-order valence-corrected chi connectivity index (χ0v) is 29.5. The lowest BCUT2D eigenvalue weighted by Gasteiger charge is -2.19. The lowest BCUT2D eigenvalue weighted by atomic mass is 10.0. The van der Waals surface area contributed by atoms with Crippen LogP contribution in [0.1, 0.15) is 194 Å². The summed E-state index contributed by atoms with van der Waals surface area (Å²) < 4.78 is 6.25. The minimum atomic E-state index is -0.609. The number of allylic oxidation sites excluding steroid dienone is 2. The number of rotatable bonds is 36. The molecule has 0 amide bonds. The number of aliphatic hydroxyl groups is 2. The molecule has 0 heterocycles. The minimum Gasteiger partial charge on any atom is -0.394 e. The van der Waals surface area contributed by atoms with Crippen molar-refractivity contribution in [1.29, 1.82) is 0 Å². The molecular formula is C38H76O3S. The van der Waals surface area contributed by atoms with Crippen molar-refractivity contribution in [3.05, 3.63) is 12.2 Å². The van der Waals surface area contributed by atoms with E-state index in [-0.39, 0.29) is 12.7 Å². The molecule has 4 heteroatoms. The SMILES string of the molecule is CCCCCC/C=C/CCCCCCCCOC(CCC(O)CO)CSCCCCCCCCCCCCCCCC. The molecule has 3 nitrogen and oxygen atoms in total. The Balaban J connectivity index is 3.67. The largest absolute Gasteiger partial charge is 0.394 e. The average molecular weight is 613 g/mol. The van der Waals surface area contributed by atoms with Gasteiger partial charge in [0.05, 0.1) is 18.8 Å². The Hall–Kier alpha value is -0.0300. The van der Waals surface area contributed by atoms with E-state index < -0.39 is 6.10 Å². The highest BCUT2D eigenvalue weighted by atomic mass is 32.2. The Morgan fingerprint density at radius 2 is 0.976 bits per heavy atom. The van der Waals surface area contributed by atoms with E-state index in [0.29, 0.717) is 6.42 Å². The molecule has 0 fully saturated rings. The molecule has 0 bridgehead atoms. The van der Waals surface area contributed by atoms with Crippen molar-refractivity contribution in [2.75, 3.05) is 24.7 Å². The maximum absolute atomic E-state index is 9.81. The van der Waals surface area contributed by atoms with Gasteiger partial charge >= 0.3 is 0 Å². The van der Waals surface area contributed by atoms with Gasteiger partial charge in [0, 0.05) is 12.4 Å². The molecule has 252 valence electrons. The minimum absolute atomic E-state index is 0.145. The van der Waals surface area contributed by atoms with E-state index in [4.69, 9.17) is 4.74 Å². The third kappa shape index (κ3) is 34.5. The quantitative estimate of drug-likeness (QED) is 0.0546. The van der Waals surface area contributed by atoms with Crippen LogP contribution in [0.5, 0.6) is 0 Å². The zero-order chi connectivity index (χ0) is 30.6. The maximum atomic E-state index is 9.81. The fraction of sp³-hybridized carbons (Fsp3) is 0.947.